The van der Waals surface area contributed by atoms with E-state index in [1.54, 1.807) is 17.7 Å². The van der Waals surface area contributed by atoms with E-state index in [2.05, 4.69) is 10.3 Å². The summed E-state index contributed by atoms with van der Waals surface area (Å²) in [6, 6.07) is 3.99. The predicted molar refractivity (Wildman–Crippen MR) is 126 cm³/mol. The van der Waals surface area contributed by atoms with E-state index in [1.165, 1.54) is 12.5 Å². The molecule has 8 nitrogen and oxygen atoms in total. The Morgan fingerprint density at radius 3 is 2.73 bits per heavy atom. The number of hydrogen-bond acceptors (Lipinski definition) is 7. The number of carbonyl (C=O) groups excluding carboxylic acids is 1. The molecule has 3 aromatic rings. The Kier molecular flexibility index (Phi) is 5.70. The standard InChI is InChI=1S/C25H29N5O3/c1-14-19-12-26-25(28-21-10-8-17-11-16(13-31)7-9-20(17)27-21)29-23(19)30(18-5-3-4-6-18)24(33)22(14)15(2)32/h8,10,12,16,18,31H,3-7,9,11,13H2,1-2H3,(H,26,27,28,29)/t16-/m0/s1. The Hall–Kier alpha value is -3.13. The maximum atomic E-state index is 13.3. The van der Waals surface area contributed by atoms with E-state index >= 15 is 0 Å². The molecule has 2 aliphatic carbocycles. The Morgan fingerprint density at radius 1 is 1.21 bits per heavy atom. The number of aryl methyl sites for hydroxylation is 2. The SMILES string of the molecule is CC(=O)c1c(C)c2cnc(Nc3ccc4c(n3)CC[C@H](CO)C4)nc2n(C2CCCC2)c1=O. The number of nitrogens with zero attached hydrogens (tertiary/aromatic N) is 4. The topological polar surface area (TPSA) is 110 Å². The van der Waals surface area contributed by atoms with Gasteiger partial charge in [0.1, 0.15) is 11.5 Å². The van der Waals surface area contributed by atoms with Crippen molar-refractivity contribution in [2.24, 2.45) is 5.92 Å². The third-order valence-corrected chi connectivity index (χ3v) is 7.11. The number of aliphatic hydroxyl groups excluding tert-OH is 1. The number of nitrogens with one attached hydrogen (secondary N) is 1. The minimum atomic E-state index is -0.255. The van der Waals surface area contributed by atoms with Crippen LogP contribution in [0.1, 0.15) is 72.2 Å². The Bertz CT molecular complexity index is 1290. The molecule has 1 fully saturated rings. The number of Topliss-reactive ketones (excluding diaryl/α,β-unsaturated/α-hetero) is 1. The fraction of sp³-hybridized carbons (Fsp3) is 0.480. The van der Waals surface area contributed by atoms with Gasteiger partial charge in [-0.3, -0.25) is 14.2 Å². The van der Waals surface area contributed by atoms with Gasteiger partial charge in [0.15, 0.2) is 5.78 Å². The second-order valence-electron chi connectivity index (χ2n) is 9.32. The van der Waals surface area contributed by atoms with Crippen LogP contribution in [-0.2, 0) is 12.8 Å². The average Bonchev–Trinajstić information content (AvgIpc) is 3.33. The van der Waals surface area contributed by atoms with Crippen molar-refractivity contribution in [3.8, 4) is 0 Å². The van der Waals surface area contributed by atoms with E-state index < -0.39 is 0 Å². The molecular weight excluding hydrogens is 418 g/mol. The minimum absolute atomic E-state index is 0.0443. The smallest absolute Gasteiger partial charge is 0.263 e. The number of hydrogen-bond donors (Lipinski definition) is 2. The molecule has 1 atom stereocenters. The first-order valence-electron chi connectivity index (χ1n) is 11.8. The third-order valence-electron chi connectivity index (χ3n) is 7.11. The molecule has 0 amide bonds. The summed E-state index contributed by atoms with van der Waals surface area (Å²) in [6.45, 7) is 3.44. The van der Waals surface area contributed by atoms with Gasteiger partial charge in [0, 0.05) is 29.9 Å². The highest BCUT2D eigenvalue weighted by molar-refractivity contribution is 5.99. The Morgan fingerprint density at radius 2 is 2.00 bits per heavy atom. The monoisotopic (exact) mass is 447 g/mol. The predicted octanol–water partition coefficient (Wildman–Crippen LogP) is 3.65. The van der Waals surface area contributed by atoms with E-state index in [-0.39, 0.29) is 29.6 Å². The fourth-order valence-corrected chi connectivity index (χ4v) is 5.34. The molecule has 33 heavy (non-hydrogen) atoms. The highest BCUT2D eigenvalue weighted by atomic mass is 16.3. The molecule has 0 saturated heterocycles. The zero-order valence-corrected chi connectivity index (χ0v) is 19.1. The van der Waals surface area contributed by atoms with E-state index in [1.807, 2.05) is 12.1 Å². The first kappa shape index (κ1) is 21.7. The summed E-state index contributed by atoms with van der Waals surface area (Å²) in [5.74, 6) is 1.11. The molecule has 0 bridgehead atoms. The summed E-state index contributed by atoms with van der Waals surface area (Å²) >= 11 is 0. The number of pyridine rings is 2. The van der Waals surface area contributed by atoms with Crippen LogP contribution in [-0.4, -0.2) is 37.0 Å². The molecule has 0 spiro atoms. The second-order valence-corrected chi connectivity index (χ2v) is 9.32. The zero-order chi connectivity index (χ0) is 23.1. The number of carbonyl (C=O) groups is 1. The van der Waals surface area contributed by atoms with Crippen LogP contribution in [0.3, 0.4) is 0 Å². The van der Waals surface area contributed by atoms with Crippen LogP contribution in [0.4, 0.5) is 11.8 Å². The molecular formula is C25H29N5O3. The Labute approximate surface area is 192 Å². The molecule has 0 radical (unpaired) electrons. The molecule has 5 rings (SSSR count). The van der Waals surface area contributed by atoms with Gasteiger partial charge in [0.05, 0.1) is 5.56 Å². The van der Waals surface area contributed by atoms with Crippen LogP contribution in [0.15, 0.2) is 23.1 Å². The molecule has 0 unspecified atom stereocenters. The van der Waals surface area contributed by atoms with Crippen molar-refractivity contribution in [1.82, 2.24) is 19.5 Å². The fourth-order valence-electron chi connectivity index (χ4n) is 5.34. The lowest BCUT2D eigenvalue weighted by Crippen LogP contribution is -2.30. The average molecular weight is 448 g/mol. The number of aromatic nitrogens is 4. The van der Waals surface area contributed by atoms with Gasteiger partial charge in [0.2, 0.25) is 5.95 Å². The summed E-state index contributed by atoms with van der Waals surface area (Å²) in [6.07, 6.45) is 8.24. The Balaban J connectivity index is 1.56. The van der Waals surface area contributed by atoms with Crippen LogP contribution in [0.2, 0.25) is 0 Å². The summed E-state index contributed by atoms with van der Waals surface area (Å²) in [5, 5.41) is 13.4. The molecule has 172 valence electrons. The van der Waals surface area contributed by atoms with E-state index in [0.29, 0.717) is 28.9 Å². The van der Waals surface area contributed by atoms with E-state index in [4.69, 9.17) is 9.97 Å². The van der Waals surface area contributed by atoms with Gasteiger partial charge in [-0.2, -0.15) is 4.98 Å². The third kappa shape index (κ3) is 3.93. The number of ketones is 1. The van der Waals surface area contributed by atoms with Crippen molar-refractivity contribution in [3.63, 3.8) is 0 Å². The molecule has 8 heteroatoms. The summed E-state index contributed by atoms with van der Waals surface area (Å²) < 4.78 is 1.72. The highest BCUT2D eigenvalue weighted by Crippen LogP contribution is 2.32. The number of aliphatic hydroxyl groups is 1. The highest BCUT2D eigenvalue weighted by Gasteiger charge is 2.26. The molecule has 2 N–H and O–H groups in total. The minimum Gasteiger partial charge on any atom is -0.396 e. The number of rotatable bonds is 5. The van der Waals surface area contributed by atoms with Crippen molar-refractivity contribution in [1.29, 1.82) is 0 Å². The quantitative estimate of drug-likeness (QED) is 0.575. The number of anilines is 2. The lowest BCUT2D eigenvalue weighted by atomic mass is 9.87. The largest absolute Gasteiger partial charge is 0.396 e. The lowest BCUT2D eigenvalue weighted by Gasteiger charge is -2.22. The van der Waals surface area contributed by atoms with Crippen molar-refractivity contribution < 1.29 is 9.90 Å². The van der Waals surface area contributed by atoms with E-state index in [0.717, 1.165) is 56.0 Å². The van der Waals surface area contributed by atoms with Crippen LogP contribution in [0, 0.1) is 12.8 Å². The summed E-state index contributed by atoms with van der Waals surface area (Å²) in [5.41, 5.74) is 3.39. The van der Waals surface area contributed by atoms with Crippen LogP contribution >= 0.6 is 0 Å². The van der Waals surface area contributed by atoms with Crippen LogP contribution in [0.25, 0.3) is 11.0 Å². The summed E-state index contributed by atoms with van der Waals surface area (Å²) in [7, 11) is 0. The van der Waals surface area contributed by atoms with Gasteiger partial charge >= 0.3 is 0 Å². The van der Waals surface area contributed by atoms with Gasteiger partial charge < -0.3 is 10.4 Å². The molecule has 3 heterocycles. The molecule has 0 aromatic carbocycles. The second kappa shape index (κ2) is 8.67. The van der Waals surface area contributed by atoms with Crippen molar-refractivity contribution in [3.05, 3.63) is 51.1 Å². The van der Waals surface area contributed by atoms with Gasteiger partial charge in [-0.1, -0.05) is 18.9 Å². The molecule has 2 aliphatic rings. The van der Waals surface area contributed by atoms with Gasteiger partial charge in [0.25, 0.3) is 5.56 Å². The molecule has 3 aromatic heterocycles. The van der Waals surface area contributed by atoms with Crippen molar-refractivity contribution in [2.75, 3.05) is 11.9 Å². The normalized spacial score (nSPS) is 18.5. The number of fused-ring (bicyclic) bond motifs is 2. The van der Waals surface area contributed by atoms with Crippen molar-refractivity contribution >= 4 is 28.6 Å². The maximum absolute atomic E-state index is 13.3. The molecule has 1 saturated carbocycles. The first-order chi connectivity index (χ1) is 16.0. The zero-order valence-electron chi connectivity index (χ0n) is 19.1. The van der Waals surface area contributed by atoms with Gasteiger partial charge in [-0.25, -0.2) is 9.97 Å². The van der Waals surface area contributed by atoms with Crippen LogP contribution < -0.4 is 10.9 Å². The van der Waals surface area contributed by atoms with Gasteiger partial charge in [-0.15, -0.1) is 0 Å². The lowest BCUT2D eigenvalue weighted by molar-refractivity contribution is 0.101. The maximum Gasteiger partial charge on any atom is 0.263 e. The summed E-state index contributed by atoms with van der Waals surface area (Å²) in [4.78, 5) is 39.6. The van der Waals surface area contributed by atoms with Crippen LogP contribution in [0.5, 0.6) is 0 Å². The van der Waals surface area contributed by atoms with E-state index in [9.17, 15) is 14.7 Å². The first-order valence-corrected chi connectivity index (χ1v) is 11.8. The van der Waals surface area contributed by atoms with Crippen molar-refractivity contribution in [2.45, 2.75) is 64.8 Å². The van der Waals surface area contributed by atoms with Gasteiger partial charge in [-0.05, 0) is 69.1 Å². The molecule has 0 aliphatic heterocycles.